The lowest BCUT2D eigenvalue weighted by Gasteiger charge is -2.31. The van der Waals surface area contributed by atoms with E-state index in [2.05, 4.69) is 28.3 Å². The molecule has 17 heavy (non-hydrogen) atoms. The van der Waals surface area contributed by atoms with Gasteiger partial charge in [0.25, 0.3) is 0 Å². The molecule has 0 bridgehead atoms. The third-order valence-corrected chi connectivity index (χ3v) is 3.36. The Morgan fingerprint density at radius 3 is 2.94 bits per heavy atom. The van der Waals surface area contributed by atoms with Gasteiger partial charge in [-0.25, -0.2) is 4.98 Å². The third-order valence-electron chi connectivity index (χ3n) is 3.36. The van der Waals surface area contributed by atoms with Crippen molar-refractivity contribution in [3.63, 3.8) is 0 Å². The van der Waals surface area contributed by atoms with Crippen LogP contribution in [-0.2, 0) is 11.3 Å². The first-order valence-electron chi connectivity index (χ1n) is 6.21. The number of anilines is 1. The number of aromatic nitrogens is 1. The SMILES string of the molecule is CNc1ncccc1CN(C)C1CCOCC1. The Labute approximate surface area is 103 Å². The second-order valence-corrected chi connectivity index (χ2v) is 4.52. The van der Waals surface area contributed by atoms with Crippen LogP contribution in [0.4, 0.5) is 5.82 Å². The predicted octanol–water partition coefficient (Wildman–Crippen LogP) is 1.73. The van der Waals surface area contributed by atoms with Crippen LogP contribution in [0.3, 0.4) is 0 Å². The van der Waals surface area contributed by atoms with Crippen LogP contribution in [0.5, 0.6) is 0 Å². The normalized spacial score (nSPS) is 17.4. The Balaban J connectivity index is 1.99. The topological polar surface area (TPSA) is 37.4 Å². The van der Waals surface area contributed by atoms with Crippen molar-refractivity contribution < 1.29 is 4.74 Å². The van der Waals surface area contributed by atoms with Crippen LogP contribution in [-0.4, -0.2) is 43.2 Å². The highest BCUT2D eigenvalue weighted by Gasteiger charge is 2.19. The van der Waals surface area contributed by atoms with Crippen LogP contribution >= 0.6 is 0 Å². The summed E-state index contributed by atoms with van der Waals surface area (Å²) in [6.07, 6.45) is 4.08. The lowest BCUT2D eigenvalue weighted by molar-refractivity contribution is 0.0407. The van der Waals surface area contributed by atoms with E-state index in [9.17, 15) is 0 Å². The average molecular weight is 235 g/mol. The van der Waals surface area contributed by atoms with Gasteiger partial charge < -0.3 is 10.1 Å². The Morgan fingerprint density at radius 2 is 2.24 bits per heavy atom. The molecule has 1 saturated heterocycles. The average Bonchev–Trinajstić information content (AvgIpc) is 2.40. The van der Waals surface area contributed by atoms with Crippen LogP contribution in [0.25, 0.3) is 0 Å². The lowest BCUT2D eigenvalue weighted by atomic mass is 10.1. The van der Waals surface area contributed by atoms with Gasteiger partial charge in [-0.05, 0) is 26.0 Å². The highest BCUT2D eigenvalue weighted by molar-refractivity contribution is 5.42. The number of hydrogen-bond acceptors (Lipinski definition) is 4. The maximum atomic E-state index is 5.39. The summed E-state index contributed by atoms with van der Waals surface area (Å²) in [6, 6.07) is 4.76. The maximum Gasteiger partial charge on any atom is 0.130 e. The van der Waals surface area contributed by atoms with Gasteiger partial charge in [0.2, 0.25) is 0 Å². The van der Waals surface area contributed by atoms with Gasteiger partial charge in [-0.2, -0.15) is 0 Å². The Kier molecular flexibility index (Phi) is 4.34. The van der Waals surface area contributed by atoms with Crippen molar-refractivity contribution in [1.82, 2.24) is 9.88 Å². The standard InChI is InChI=1S/C13H21N3O/c1-14-13-11(4-3-7-15-13)10-16(2)12-5-8-17-9-6-12/h3-4,7,12H,5-6,8-10H2,1-2H3,(H,14,15). The smallest absolute Gasteiger partial charge is 0.130 e. The van der Waals surface area contributed by atoms with E-state index in [1.807, 2.05) is 19.3 Å². The van der Waals surface area contributed by atoms with Gasteiger partial charge in [0, 0.05) is 44.6 Å². The van der Waals surface area contributed by atoms with Crippen molar-refractivity contribution >= 4 is 5.82 Å². The predicted molar refractivity (Wildman–Crippen MR) is 69.1 cm³/mol. The Bertz CT molecular complexity index is 350. The summed E-state index contributed by atoms with van der Waals surface area (Å²) >= 11 is 0. The molecule has 0 unspecified atom stereocenters. The monoisotopic (exact) mass is 235 g/mol. The molecule has 0 amide bonds. The van der Waals surface area contributed by atoms with Crippen molar-refractivity contribution in [2.24, 2.45) is 0 Å². The van der Waals surface area contributed by atoms with Crippen LogP contribution in [0.2, 0.25) is 0 Å². The molecular weight excluding hydrogens is 214 g/mol. The van der Waals surface area contributed by atoms with Gasteiger partial charge >= 0.3 is 0 Å². The van der Waals surface area contributed by atoms with Crippen molar-refractivity contribution in [2.75, 3.05) is 32.6 Å². The number of ether oxygens (including phenoxy) is 1. The van der Waals surface area contributed by atoms with Gasteiger partial charge in [-0.15, -0.1) is 0 Å². The van der Waals surface area contributed by atoms with Crippen LogP contribution < -0.4 is 5.32 Å². The molecule has 1 aliphatic rings. The molecule has 1 fully saturated rings. The lowest BCUT2D eigenvalue weighted by Crippen LogP contribution is -2.36. The van der Waals surface area contributed by atoms with Crippen LogP contribution in [0, 0.1) is 0 Å². The van der Waals surface area contributed by atoms with E-state index in [-0.39, 0.29) is 0 Å². The maximum absolute atomic E-state index is 5.39. The molecule has 0 atom stereocenters. The van der Waals surface area contributed by atoms with E-state index >= 15 is 0 Å². The number of rotatable bonds is 4. The largest absolute Gasteiger partial charge is 0.381 e. The number of nitrogens with one attached hydrogen (secondary N) is 1. The fourth-order valence-corrected chi connectivity index (χ4v) is 2.32. The van der Waals surface area contributed by atoms with Crippen molar-refractivity contribution in [1.29, 1.82) is 0 Å². The first kappa shape index (κ1) is 12.3. The molecule has 4 nitrogen and oxygen atoms in total. The quantitative estimate of drug-likeness (QED) is 0.862. The van der Waals surface area contributed by atoms with E-state index in [1.54, 1.807) is 0 Å². The van der Waals surface area contributed by atoms with Gasteiger partial charge in [-0.3, -0.25) is 4.90 Å². The van der Waals surface area contributed by atoms with Crippen molar-refractivity contribution in [3.8, 4) is 0 Å². The Hall–Kier alpha value is -1.13. The molecule has 1 N–H and O–H groups in total. The summed E-state index contributed by atoms with van der Waals surface area (Å²) < 4.78 is 5.39. The van der Waals surface area contributed by atoms with Crippen molar-refractivity contribution in [3.05, 3.63) is 23.9 Å². The van der Waals surface area contributed by atoms with E-state index in [0.717, 1.165) is 38.4 Å². The number of hydrogen-bond donors (Lipinski definition) is 1. The van der Waals surface area contributed by atoms with E-state index in [0.29, 0.717) is 6.04 Å². The first-order valence-corrected chi connectivity index (χ1v) is 6.21. The Morgan fingerprint density at radius 1 is 1.47 bits per heavy atom. The van der Waals surface area contributed by atoms with Gasteiger partial charge in [0.05, 0.1) is 0 Å². The molecule has 0 aromatic carbocycles. The summed E-state index contributed by atoms with van der Waals surface area (Å²) in [4.78, 5) is 6.74. The highest BCUT2D eigenvalue weighted by atomic mass is 16.5. The van der Waals surface area contributed by atoms with Gasteiger partial charge in [0.15, 0.2) is 0 Å². The fraction of sp³-hybridized carbons (Fsp3) is 0.615. The molecule has 2 rings (SSSR count). The number of nitrogens with zero attached hydrogens (tertiary/aromatic N) is 2. The zero-order valence-corrected chi connectivity index (χ0v) is 10.6. The van der Waals surface area contributed by atoms with Crippen LogP contribution in [0.15, 0.2) is 18.3 Å². The van der Waals surface area contributed by atoms with Crippen molar-refractivity contribution in [2.45, 2.75) is 25.4 Å². The third kappa shape index (κ3) is 3.17. The van der Waals surface area contributed by atoms with Gasteiger partial charge in [-0.1, -0.05) is 6.07 Å². The molecular formula is C13H21N3O. The summed E-state index contributed by atoms with van der Waals surface area (Å²) in [6.45, 7) is 2.72. The molecule has 1 aromatic rings. The van der Waals surface area contributed by atoms with E-state index < -0.39 is 0 Å². The molecule has 0 radical (unpaired) electrons. The number of pyridine rings is 1. The summed E-state index contributed by atoms with van der Waals surface area (Å²) in [5, 5.41) is 3.14. The molecule has 4 heteroatoms. The molecule has 1 aromatic heterocycles. The molecule has 2 heterocycles. The minimum Gasteiger partial charge on any atom is -0.381 e. The van der Waals surface area contributed by atoms with Crippen LogP contribution in [0.1, 0.15) is 18.4 Å². The molecule has 0 aliphatic carbocycles. The molecule has 0 spiro atoms. The second kappa shape index (κ2) is 5.98. The zero-order valence-electron chi connectivity index (χ0n) is 10.6. The summed E-state index contributed by atoms with van der Waals surface area (Å²) in [7, 11) is 4.10. The molecule has 0 saturated carbocycles. The summed E-state index contributed by atoms with van der Waals surface area (Å²) in [5.74, 6) is 0.978. The van der Waals surface area contributed by atoms with E-state index in [1.165, 1.54) is 5.56 Å². The zero-order chi connectivity index (χ0) is 12.1. The second-order valence-electron chi connectivity index (χ2n) is 4.52. The molecule has 1 aliphatic heterocycles. The molecule has 94 valence electrons. The highest BCUT2D eigenvalue weighted by Crippen LogP contribution is 2.18. The fourth-order valence-electron chi connectivity index (χ4n) is 2.32. The minimum absolute atomic E-state index is 0.633. The summed E-state index contributed by atoms with van der Waals surface area (Å²) in [5.41, 5.74) is 1.25. The first-order chi connectivity index (χ1) is 8.31. The van der Waals surface area contributed by atoms with Gasteiger partial charge in [0.1, 0.15) is 5.82 Å². The van der Waals surface area contributed by atoms with E-state index in [4.69, 9.17) is 4.74 Å². The minimum atomic E-state index is 0.633.